The highest BCUT2D eigenvalue weighted by molar-refractivity contribution is 6.00. The second-order valence-corrected chi connectivity index (χ2v) is 5.50. The Bertz CT molecular complexity index is 446. The fourth-order valence-electron chi connectivity index (χ4n) is 2.11. The van der Waals surface area contributed by atoms with Gasteiger partial charge in [-0.1, -0.05) is 26.8 Å². The normalized spacial score (nSPS) is 19.8. The average Bonchev–Trinajstić information content (AvgIpc) is 2.28. The quantitative estimate of drug-likeness (QED) is 0.776. The summed E-state index contributed by atoms with van der Waals surface area (Å²) in [5, 5.41) is 0. The summed E-state index contributed by atoms with van der Waals surface area (Å²) in [5.41, 5.74) is 2.07. The molecule has 92 valence electrons. The lowest BCUT2D eigenvalue weighted by Crippen LogP contribution is -2.25. The van der Waals surface area contributed by atoms with Crippen LogP contribution >= 0.6 is 0 Å². The van der Waals surface area contributed by atoms with Gasteiger partial charge in [0.1, 0.15) is 11.9 Å². The standard InChI is InChI=1S/C15H20O2/c1-5-15(3,4)11-6-7-14-12(9-11)13(16)8-10(2)17-14/h6-7,9-10H,5,8H2,1-4H3. The van der Waals surface area contributed by atoms with Crippen molar-refractivity contribution in [3.63, 3.8) is 0 Å². The molecule has 1 aromatic rings. The summed E-state index contributed by atoms with van der Waals surface area (Å²) < 4.78 is 5.68. The number of fused-ring (bicyclic) bond motifs is 1. The molecule has 0 fully saturated rings. The molecule has 0 radical (unpaired) electrons. The van der Waals surface area contributed by atoms with Crippen LogP contribution in [0.3, 0.4) is 0 Å². The van der Waals surface area contributed by atoms with Crippen LogP contribution in [-0.4, -0.2) is 11.9 Å². The summed E-state index contributed by atoms with van der Waals surface area (Å²) in [6.45, 7) is 8.50. The van der Waals surface area contributed by atoms with Crippen LogP contribution in [-0.2, 0) is 5.41 Å². The van der Waals surface area contributed by atoms with E-state index in [9.17, 15) is 4.79 Å². The van der Waals surface area contributed by atoms with Crippen molar-refractivity contribution in [1.29, 1.82) is 0 Å². The number of benzene rings is 1. The van der Waals surface area contributed by atoms with Gasteiger partial charge in [-0.25, -0.2) is 0 Å². The minimum Gasteiger partial charge on any atom is -0.489 e. The van der Waals surface area contributed by atoms with E-state index in [4.69, 9.17) is 4.74 Å². The number of hydrogen-bond donors (Lipinski definition) is 0. The summed E-state index contributed by atoms with van der Waals surface area (Å²) in [7, 11) is 0. The van der Waals surface area contributed by atoms with E-state index in [0.717, 1.165) is 17.7 Å². The summed E-state index contributed by atoms with van der Waals surface area (Å²) in [6, 6.07) is 6.02. The van der Waals surface area contributed by atoms with Gasteiger partial charge in [-0.15, -0.1) is 0 Å². The first-order chi connectivity index (χ1) is 7.94. The topological polar surface area (TPSA) is 26.3 Å². The Hall–Kier alpha value is -1.31. The minimum atomic E-state index is 0.0000327. The lowest BCUT2D eigenvalue weighted by molar-refractivity contribution is 0.0870. The largest absolute Gasteiger partial charge is 0.489 e. The Morgan fingerprint density at radius 1 is 1.41 bits per heavy atom. The summed E-state index contributed by atoms with van der Waals surface area (Å²) in [6.07, 6.45) is 1.54. The van der Waals surface area contributed by atoms with Gasteiger partial charge in [-0.2, -0.15) is 0 Å². The van der Waals surface area contributed by atoms with E-state index in [-0.39, 0.29) is 17.3 Å². The number of carbonyl (C=O) groups excluding carboxylic acids is 1. The van der Waals surface area contributed by atoms with Crippen molar-refractivity contribution in [3.05, 3.63) is 29.3 Å². The molecular weight excluding hydrogens is 212 g/mol. The third-order valence-electron chi connectivity index (χ3n) is 3.75. The van der Waals surface area contributed by atoms with E-state index >= 15 is 0 Å². The second kappa shape index (κ2) is 4.17. The van der Waals surface area contributed by atoms with Crippen molar-refractivity contribution in [2.24, 2.45) is 0 Å². The third kappa shape index (κ3) is 2.21. The molecule has 0 saturated heterocycles. The molecule has 0 amide bonds. The summed E-state index contributed by atoms with van der Waals surface area (Å²) >= 11 is 0. The van der Waals surface area contributed by atoms with Crippen molar-refractivity contribution in [2.75, 3.05) is 0 Å². The van der Waals surface area contributed by atoms with Gasteiger partial charge in [-0.3, -0.25) is 4.79 Å². The molecule has 1 atom stereocenters. The van der Waals surface area contributed by atoms with Crippen LogP contribution < -0.4 is 4.74 Å². The maximum Gasteiger partial charge on any atom is 0.170 e. The molecule has 1 aliphatic heterocycles. The number of hydrogen-bond acceptors (Lipinski definition) is 2. The highest BCUT2D eigenvalue weighted by Crippen LogP contribution is 2.33. The van der Waals surface area contributed by atoms with Gasteiger partial charge in [0.15, 0.2) is 5.78 Å². The highest BCUT2D eigenvalue weighted by atomic mass is 16.5. The Morgan fingerprint density at radius 3 is 2.76 bits per heavy atom. The zero-order chi connectivity index (χ0) is 12.6. The van der Waals surface area contributed by atoms with Crippen LogP contribution in [0.25, 0.3) is 0 Å². The lowest BCUT2D eigenvalue weighted by atomic mass is 9.81. The molecule has 1 unspecified atom stereocenters. The van der Waals surface area contributed by atoms with Crippen molar-refractivity contribution >= 4 is 5.78 Å². The number of Topliss-reactive ketones (excluding diaryl/α,β-unsaturated/α-hetero) is 1. The molecule has 2 nitrogen and oxygen atoms in total. The average molecular weight is 232 g/mol. The van der Waals surface area contributed by atoms with Gasteiger partial charge in [0.05, 0.1) is 5.56 Å². The van der Waals surface area contributed by atoms with E-state index in [2.05, 4.69) is 26.8 Å². The monoisotopic (exact) mass is 232 g/mol. The molecule has 17 heavy (non-hydrogen) atoms. The van der Waals surface area contributed by atoms with E-state index in [1.165, 1.54) is 5.56 Å². The highest BCUT2D eigenvalue weighted by Gasteiger charge is 2.26. The molecule has 0 spiro atoms. The molecule has 0 N–H and O–H groups in total. The van der Waals surface area contributed by atoms with Crippen molar-refractivity contribution < 1.29 is 9.53 Å². The molecule has 2 rings (SSSR count). The molecule has 0 aromatic heterocycles. The molecule has 0 aliphatic carbocycles. The molecule has 2 heteroatoms. The SMILES string of the molecule is CCC(C)(C)c1ccc2c(c1)C(=O)CC(C)O2. The molecule has 1 aliphatic rings. The Morgan fingerprint density at radius 2 is 2.12 bits per heavy atom. The van der Waals surface area contributed by atoms with E-state index < -0.39 is 0 Å². The number of ether oxygens (including phenoxy) is 1. The zero-order valence-corrected chi connectivity index (χ0v) is 11.0. The van der Waals surface area contributed by atoms with Crippen LogP contribution in [0, 0.1) is 0 Å². The molecule has 0 saturated carbocycles. The minimum absolute atomic E-state index is 0.0000327. The van der Waals surface area contributed by atoms with Gasteiger partial charge in [0.25, 0.3) is 0 Å². The van der Waals surface area contributed by atoms with Crippen LogP contribution in [0.4, 0.5) is 0 Å². The van der Waals surface area contributed by atoms with Gasteiger partial charge < -0.3 is 4.74 Å². The van der Waals surface area contributed by atoms with Gasteiger partial charge in [-0.05, 0) is 36.5 Å². The predicted octanol–water partition coefficient (Wildman–Crippen LogP) is 3.73. The zero-order valence-electron chi connectivity index (χ0n) is 11.0. The number of carbonyl (C=O) groups is 1. The first-order valence-electron chi connectivity index (χ1n) is 6.28. The first kappa shape index (κ1) is 12.2. The van der Waals surface area contributed by atoms with Crippen molar-refractivity contribution in [3.8, 4) is 5.75 Å². The molecule has 1 heterocycles. The number of ketones is 1. The smallest absolute Gasteiger partial charge is 0.170 e. The maximum absolute atomic E-state index is 12.0. The van der Waals surface area contributed by atoms with E-state index in [0.29, 0.717) is 6.42 Å². The van der Waals surface area contributed by atoms with Crippen molar-refractivity contribution in [2.45, 2.75) is 52.1 Å². The predicted molar refractivity (Wildman–Crippen MR) is 68.8 cm³/mol. The summed E-state index contributed by atoms with van der Waals surface area (Å²) in [5.74, 6) is 0.942. The van der Waals surface area contributed by atoms with Crippen LogP contribution in [0.5, 0.6) is 5.75 Å². The molecular formula is C15H20O2. The second-order valence-electron chi connectivity index (χ2n) is 5.50. The lowest BCUT2D eigenvalue weighted by Gasteiger charge is -2.27. The third-order valence-corrected chi connectivity index (χ3v) is 3.75. The van der Waals surface area contributed by atoms with E-state index in [1.807, 2.05) is 19.1 Å². The Kier molecular flexibility index (Phi) is 2.98. The van der Waals surface area contributed by atoms with Gasteiger partial charge >= 0.3 is 0 Å². The van der Waals surface area contributed by atoms with Crippen molar-refractivity contribution in [1.82, 2.24) is 0 Å². The Balaban J connectivity index is 2.44. The van der Waals surface area contributed by atoms with Crippen LogP contribution in [0.2, 0.25) is 0 Å². The van der Waals surface area contributed by atoms with Gasteiger partial charge in [0, 0.05) is 6.42 Å². The van der Waals surface area contributed by atoms with Crippen LogP contribution in [0.1, 0.15) is 56.5 Å². The molecule has 1 aromatic carbocycles. The maximum atomic E-state index is 12.0. The van der Waals surface area contributed by atoms with Gasteiger partial charge in [0.2, 0.25) is 0 Å². The Labute approximate surface area is 103 Å². The molecule has 0 bridgehead atoms. The fraction of sp³-hybridized carbons (Fsp3) is 0.533. The summed E-state index contributed by atoms with van der Waals surface area (Å²) in [4.78, 5) is 12.0. The fourth-order valence-corrected chi connectivity index (χ4v) is 2.11. The van der Waals surface area contributed by atoms with Crippen LogP contribution in [0.15, 0.2) is 18.2 Å². The number of rotatable bonds is 2. The first-order valence-corrected chi connectivity index (χ1v) is 6.28. The van der Waals surface area contributed by atoms with E-state index in [1.54, 1.807) is 0 Å².